The molecular weight excluding hydrogens is 244 g/mol. The third-order valence-corrected chi connectivity index (χ3v) is 3.49. The summed E-state index contributed by atoms with van der Waals surface area (Å²) in [6, 6.07) is 0.293. The molecular formula is C12H22N6O. The monoisotopic (exact) mass is 266 g/mol. The third kappa shape index (κ3) is 3.04. The molecule has 0 aromatic carbocycles. The molecule has 2 heterocycles. The van der Waals surface area contributed by atoms with Crippen LogP contribution in [0.15, 0.2) is 0 Å². The molecule has 1 aromatic rings. The molecule has 1 saturated heterocycles. The Morgan fingerprint density at radius 3 is 2.63 bits per heavy atom. The van der Waals surface area contributed by atoms with E-state index in [1.54, 1.807) is 0 Å². The normalized spacial score (nSPS) is 19.5. The van der Waals surface area contributed by atoms with Crippen molar-refractivity contribution in [3.63, 3.8) is 0 Å². The first-order valence-corrected chi connectivity index (χ1v) is 6.53. The van der Waals surface area contributed by atoms with Crippen LogP contribution in [-0.2, 0) is 0 Å². The molecule has 0 bridgehead atoms. The van der Waals surface area contributed by atoms with Crippen LogP contribution in [0.1, 0.15) is 20.8 Å². The number of anilines is 2. The predicted molar refractivity (Wildman–Crippen MR) is 74.3 cm³/mol. The molecule has 2 N–H and O–H groups in total. The van der Waals surface area contributed by atoms with Gasteiger partial charge in [0.2, 0.25) is 11.9 Å². The number of hydrogen-bond acceptors (Lipinski definition) is 7. The molecule has 0 aliphatic carbocycles. The summed E-state index contributed by atoms with van der Waals surface area (Å²) < 4.78 is 5.31. The van der Waals surface area contributed by atoms with Gasteiger partial charge in [-0.25, -0.2) is 0 Å². The van der Waals surface area contributed by atoms with Crippen molar-refractivity contribution in [3.8, 4) is 6.01 Å². The Bertz CT molecular complexity index is 450. The molecule has 0 unspecified atom stereocenters. The zero-order valence-electron chi connectivity index (χ0n) is 12.1. The number of aromatic nitrogens is 3. The van der Waals surface area contributed by atoms with Crippen molar-refractivity contribution in [3.05, 3.63) is 0 Å². The number of piperazine rings is 1. The Labute approximate surface area is 113 Å². The van der Waals surface area contributed by atoms with E-state index in [4.69, 9.17) is 10.5 Å². The fourth-order valence-corrected chi connectivity index (χ4v) is 2.11. The van der Waals surface area contributed by atoms with Gasteiger partial charge in [0.05, 0.1) is 6.61 Å². The minimum absolute atomic E-state index is 0.0748. The van der Waals surface area contributed by atoms with Crippen molar-refractivity contribution in [2.75, 3.05) is 43.9 Å². The Hall–Kier alpha value is -1.63. The summed E-state index contributed by atoms with van der Waals surface area (Å²) >= 11 is 0. The van der Waals surface area contributed by atoms with E-state index in [9.17, 15) is 0 Å². The first-order chi connectivity index (χ1) is 8.92. The maximum Gasteiger partial charge on any atom is 0.323 e. The summed E-state index contributed by atoms with van der Waals surface area (Å²) in [5, 5.41) is 0. The van der Waals surface area contributed by atoms with Crippen molar-refractivity contribution in [1.82, 2.24) is 19.9 Å². The van der Waals surface area contributed by atoms with Gasteiger partial charge in [0.1, 0.15) is 0 Å². The molecule has 0 atom stereocenters. The lowest BCUT2D eigenvalue weighted by molar-refractivity contribution is 0.138. The maximum atomic E-state index is 5.71. The number of ether oxygens (including phenoxy) is 1. The molecule has 19 heavy (non-hydrogen) atoms. The lowest BCUT2D eigenvalue weighted by atomic mass is 10.0. The van der Waals surface area contributed by atoms with Crippen LogP contribution in [-0.4, -0.2) is 58.7 Å². The van der Waals surface area contributed by atoms with Gasteiger partial charge in [-0.05, 0) is 27.8 Å². The summed E-state index contributed by atoms with van der Waals surface area (Å²) in [7, 11) is 2.13. The van der Waals surface area contributed by atoms with E-state index < -0.39 is 0 Å². The number of hydrogen-bond donors (Lipinski definition) is 1. The van der Waals surface area contributed by atoms with Crippen molar-refractivity contribution in [2.24, 2.45) is 0 Å². The highest BCUT2D eigenvalue weighted by Crippen LogP contribution is 2.23. The van der Waals surface area contributed by atoms with E-state index in [2.05, 4.69) is 45.6 Å². The number of nitrogens with zero attached hydrogens (tertiary/aromatic N) is 5. The van der Waals surface area contributed by atoms with Gasteiger partial charge in [-0.2, -0.15) is 15.0 Å². The first kappa shape index (κ1) is 13.8. The van der Waals surface area contributed by atoms with Gasteiger partial charge in [-0.3, -0.25) is 4.90 Å². The summed E-state index contributed by atoms with van der Waals surface area (Å²) in [5.41, 5.74) is 5.79. The standard InChI is InChI=1S/C12H22N6O/c1-5-19-11-15-9(13)14-10(16-11)18-7-6-17(4)12(2,3)8-18/h5-8H2,1-4H3,(H2,13,14,15,16). The van der Waals surface area contributed by atoms with Gasteiger partial charge in [0, 0.05) is 25.2 Å². The lowest BCUT2D eigenvalue weighted by Crippen LogP contribution is -2.58. The molecule has 0 saturated carbocycles. The van der Waals surface area contributed by atoms with E-state index in [1.807, 2.05) is 6.92 Å². The molecule has 1 aliphatic heterocycles. The number of nitrogen functional groups attached to an aromatic ring is 1. The molecule has 0 radical (unpaired) electrons. The van der Waals surface area contributed by atoms with Crippen molar-refractivity contribution in [1.29, 1.82) is 0 Å². The molecule has 7 heteroatoms. The molecule has 2 rings (SSSR count). The zero-order chi connectivity index (χ0) is 14.0. The number of nitrogens with two attached hydrogens (primary N) is 1. The molecule has 1 aliphatic rings. The summed E-state index contributed by atoms with van der Waals surface area (Å²) in [6.07, 6.45) is 0. The fraction of sp³-hybridized carbons (Fsp3) is 0.750. The summed E-state index contributed by atoms with van der Waals surface area (Å²) in [5.74, 6) is 0.794. The van der Waals surface area contributed by atoms with Gasteiger partial charge < -0.3 is 15.4 Å². The van der Waals surface area contributed by atoms with Crippen LogP contribution < -0.4 is 15.4 Å². The average Bonchev–Trinajstić information content (AvgIpc) is 2.32. The quantitative estimate of drug-likeness (QED) is 0.847. The molecule has 1 fully saturated rings. The second kappa shape index (κ2) is 5.16. The van der Waals surface area contributed by atoms with Gasteiger partial charge in [0.15, 0.2) is 0 Å². The van der Waals surface area contributed by atoms with Gasteiger partial charge >= 0.3 is 6.01 Å². The van der Waals surface area contributed by atoms with Gasteiger partial charge in [-0.1, -0.05) is 0 Å². The lowest BCUT2D eigenvalue weighted by Gasteiger charge is -2.45. The molecule has 7 nitrogen and oxygen atoms in total. The Morgan fingerprint density at radius 2 is 2.00 bits per heavy atom. The highest BCUT2D eigenvalue weighted by atomic mass is 16.5. The largest absolute Gasteiger partial charge is 0.464 e. The Balaban J connectivity index is 2.22. The average molecular weight is 266 g/mol. The van der Waals surface area contributed by atoms with Gasteiger partial charge in [0.25, 0.3) is 0 Å². The number of likely N-dealkylation sites (N-methyl/N-ethyl adjacent to an activating group) is 1. The van der Waals surface area contributed by atoms with Crippen LogP contribution in [0, 0.1) is 0 Å². The SMILES string of the molecule is CCOc1nc(N)nc(N2CCN(C)C(C)(C)C2)n1. The Kier molecular flexibility index (Phi) is 3.75. The van der Waals surface area contributed by atoms with Crippen LogP contribution in [0.2, 0.25) is 0 Å². The third-order valence-electron chi connectivity index (χ3n) is 3.49. The van der Waals surface area contributed by atoms with Crippen molar-refractivity contribution >= 4 is 11.9 Å². The van der Waals surface area contributed by atoms with Crippen LogP contribution in [0.25, 0.3) is 0 Å². The molecule has 0 amide bonds. The van der Waals surface area contributed by atoms with E-state index >= 15 is 0 Å². The molecule has 1 aromatic heterocycles. The second-order valence-electron chi connectivity index (χ2n) is 5.36. The molecule has 0 spiro atoms. The van der Waals surface area contributed by atoms with Gasteiger partial charge in [-0.15, -0.1) is 0 Å². The minimum Gasteiger partial charge on any atom is -0.464 e. The van der Waals surface area contributed by atoms with Crippen molar-refractivity contribution < 1.29 is 4.74 Å². The molecule has 106 valence electrons. The highest BCUT2D eigenvalue weighted by Gasteiger charge is 2.32. The van der Waals surface area contributed by atoms with E-state index in [-0.39, 0.29) is 11.5 Å². The Morgan fingerprint density at radius 1 is 1.26 bits per heavy atom. The number of rotatable bonds is 3. The topological polar surface area (TPSA) is 80.4 Å². The van der Waals surface area contributed by atoms with Crippen LogP contribution in [0.5, 0.6) is 6.01 Å². The highest BCUT2D eigenvalue weighted by molar-refractivity contribution is 5.37. The van der Waals surface area contributed by atoms with Crippen molar-refractivity contribution in [2.45, 2.75) is 26.3 Å². The predicted octanol–water partition coefficient (Wildman–Crippen LogP) is 0.383. The maximum absolute atomic E-state index is 5.71. The fourth-order valence-electron chi connectivity index (χ4n) is 2.11. The first-order valence-electron chi connectivity index (χ1n) is 6.53. The minimum atomic E-state index is 0.0748. The smallest absolute Gasteiger partial charge is 0.323 e. The van der Waals surface area contributed by atoms with Crippen LogP contribution >= 0.6 is 0 Å². The second-order valence-corrected chi connectivity index (χ2v) is 5.36. The summed E-state index contributed by atoms with van der Waals surface area (Å²) in [6.45, 7) is 9.48. The van der Waals surface area contributed by atoms with E-state index in [0.717, 1.165) is 19.6 Å². The van der Waals surface area contributed by atoms with Crippen LogP contribution in [0.3, 0.4) is 0 Å². The van der Waals surface area contributed by atoms with E-state index in [1.165, 1.54) is 0 Å². The van der Waals surface area contributed by atoms with E-state index in [0.29, 0.717) is 18.6 Å². The summed E-state index contributed by atoms with van der Waals surface area (Å²) in [4.78, 5) is 17.0. The zero-order valence-corrected chi connectivity index (χ0v) is 12.1. The van der Waals surface area contributed by atoms with Crippen LogP contribution in [0.4, 0.5) is 11.9 Å².